The molecule has 4 nitrogen and oxygen atoms in total. The predicted molar refractivity (Wildman–Crippen MR) is 77.6 cm³/mol. The smallest absolute Gasteiger partial charge is 0.205 e. The highest BCUT2D eigenvalue weighted by molar-refractivity contribution is 7.19. The van der Waals surface area contributed by atoms with Crippen LogP contribution in [0.3, 0.4) is 0 Å². The highest BCUT2D eigenvalue weighted by Gasteiger charge is 2.22. The third-order valence-corrected chi connectivity index (χ3v) is 4.06. The van der Waals surface area contributed by atoms with Crippen LogP contribution in [0.15, 0.2) is 30.3 Å². The molecule has 1 aromatic heterocycles. The minimum absolute atomic E-state index is 0.146. The summed E-state index contributed by atoms with van der Waals surface area (Å²) in [5.41, 5.74) is 7.14. The molecule has 1 aromatic carbocycles. The van der Waals surface area contributed by atoms with Gasteiger partial charge in [0.15, 0.2) is 0 Å². The summed E-state index contributed by atoms with van der Waals surface area (Å²) in [6.07, 6.45) is 0. The number of anilines is 2. The van der Waals surface area contributed by atoms with E-state index in [0.717, 1.165) is 0 Å². The fourth-order valence-electron chi connectivity index (χ4n) is 1.74. The zero-order valence-corrected chi connectivity index (χ0v) is 11.5. The standard InChI is InChI=1S/C14H13N3OS/c1-17(2)14-10(8-15)11(16)13(19-14)12(18)9-6-4-3-5-7-9/h3-7H,16H2,1-2H3. The summed E-state index contributed by atoms with van der Waals surface area (Å²) in [5.74, 6) is -0.146. The van der Waals surface area contributed by atoms with Gasteiger partial charge in [-0.3, -0.25) is 4.79 Å². The molecule has 0 amide bonds. The number of rotatable bonds is 3. The Morgan fingerprint density at radius 2 is 1.95 bits per heavy atom. The van der Waals surface area contributed by atoms with Crippen molar-refractivity contribution in [2.24, 2.45) is 0 Å². The molecular formula is C14H13N3OS. The van der Waals surface area contributed by atoms with Crippen molar-refractivity contribution in [3.63, 3.8) is 0 Å². The Kier molecular flexibility index (Phi) is 3.54. The van der Waals surface area contributed by atoms with E-state index in [9.17, 15) is 4.79 Å². The molecule has 0 atom stereocenters. The number of nitriles is 1. The van der Waals surface area contributed by atoms with Gasteiger partial charge in [0, 0.05) is 19.7 Å². The van der Waals surface area contributed by atoms with Crippen LogP contribution in [0.4, 0.5) is 10.7 Å². The van der Waals surface area contributed by atoms with Crippen LogP contribution in [0.1, 0.15) is 20.8 Å². The van der Waals surface area contributed by atoms with Gasteiger partial charge in [0.05, 0.1) is 5.69 Å². The molecule has 0 aliphatic carbocycles. The Balaban J connectivity index is 2.53. The van der Waals surface area contributed by atoms with Crippen LogP contribution in [-0.4, -0.2) is 19.9 Å². The molecule has 0 saturated carbocycles. The number of carbonyl (C=O) groups excluding carboxylic acids is 1. The van der Waals surface area contributed by atoms with E-state index in [1.807, 2.05) is 20.2 Å². The third kappa shape index (κ3) is 2.30. The molecule has 96 valence electrons. The van der Waals surface area contributed by atoms with E-state index in [2.05, 4.69) is 6.07 Å². The summed E-state index contributed by atoms with van der Waals surface area (Å²) < 4.78 is 0. The highest BCUT2D eigenvalue weighted by Crippen LogP contribution is 2.37. The van der Waals surface area contributed by atoms with Crippen LogP contribution in [0.5, 0.6) is 0 Å². The van der Waals surface area contributed by atoms with E-state index in [1.165, 1.54) is 11.3 Å². The van der Waals surface area contributed by atoms with Crippen LogP contribution >= 0.6 is 11.3 Å². The first-order valence-corrected chi connectivity index (χ1v) is 6.47. The summed E-state index contributed by atoms with van der Waals surface area (Å²) in [5, 5.41) is 9.86. The van der Waals surface area contributed by atoms with Gasteiger partial charge in [0.2, 0.25) is 5.78 Å². The molecule has 0 saturated heterocycles. The van der Waals surface area contributed by atoms with Gasteiger partial charge in [-0.1, -0.05) is 30.3 Å². The van der Waals surface area contributed by atoms with E-state index >= 15 is 0 Å². The maximum absolute atomic E-state index is 12.4. The monoisotopic (exact) mass is 271 g/mol. The van der Waals surface area contributed by atoms with Crippen LogP contribution in [0.2, 0.25) is 0 Å². The van der Waals surface area contributed by atoms with Crippen LogP contribution in [0.25, 0.3) is 0 Å². The number of benzene rings is 1. The van der Waals surface area contributed by atoms with Crippen molar-refractivity contribution >= 4 is 27.8 Å². The van der Waals surface area contributed by atoms with Gasteiger partial charge in [-0.25, -0.2) is 0 Å². The predicted octanol–water partition coefficient (Wildman–Crippen LogP) is 2.50. The van der Waals surface area contributed by atoms with Gasteiger partial charge in [-0.15, -0.1) is 11.3 Å². The number of nitrogens with zero attached hydrogens (tertiary/aromatic N) is 2. The van der Waals surface area contributed by atoms with Crippen molar-refractivity contribution in [2.45, 2.75) is 0 Å². The molecular weight excluding hydrogens is 258 g/mol. The Morgan fingerprint density at radius 3 is 2.42 bits per heavy atom. The molecule has 2 N–H and O–H groups in total. The average Bonchev–Trinajstić information content (AvgIpc) is 2.76. The van der Waals surface area contributed by atoms with Crippen molar-refractivity contribution in [1.29, 1.82) is 5.26 Å². The molecule has 0 spiro atoms. The topological polar surface area (TPSA) is 70.1 Å². The van der Waals surface area contributed by atoms with Gasteiger partial charge >= 0.3 is 0 Å². The number of carbonyl (C=O) groups is 1. The molecule has 1 heterocycles. The first kappa shape index (κ1) is 13.1. The Hall–Kier alpha value is -2.32. The minimum atomic E-state index is -0.146. The van der Waals surface area contributed by atoms with Gasteiger partial charge in [0.25, 0.3) is 0 Å². The molecule has 0 aliphatic rings. The molecule has 0 aliphatic heterocycles. The van der Waals surface area contributed by atoms with Crippen LogP contribution in [0, 0.1) is 11.3 Å². The van der Waals surface area contributed by atoms with E-state index in [1.54, 1.807) is 29.2 Å². The zero-order valence-electron chi connectivity index (χ0n) is 10.7. The quantitative estimate of drug-likeness (QED) is 0.871. The van der Waals surface area contributed by atoms with Crippen molar-refractivity contribution in [2.75, 3.05) is 24.7 Å². The van der Waals surface area contributed by atoms with E-state index in [4.69, 9.17) is 11.0 Å². The van der Waals surface area contributed by atoms with E-state index in [-0.39, 0.29) is 11.5 Å². The summed E-state index contributed by atoms with van der Waals surface area (Å²) in [7, 11) is 3.64. The lowest BCUT2D eigenvalue weighted by atomic mass is 10.1. The second-order valence-corrected chi connectivity index (χ2v) is 5.23. The lowest BCUT2D eigenvalue weighted by molar-refractivity contribution is 0.104. The summed E-state index contributed by atoms with van der Waals surface area (Å²) in [6, 6.07) is 11.0. The van der Waals surface area contributed by atoms with Gasteiger partial charge in [-0.2, -0.15) is 5.26 Å². The van der Waals surface area contributed by atoms with Crippen molar-refractivity contribution in [3.05, 3.63) is 46.3 Å². The Labute approximate surface area is 115 Å². The van der Waals surface area contributed by atoms with Crippen LogP contribution < -0.4 is 10.6 Å². The van der Waals surface area contributed by atoms with Gasteiger partial charge in [0.1, 0.15) is 21.5 Å². The molecule has 19 heavy (non-hydrogen) atoms. The molecule has 0 fully saturated rings. The maximum Gasteiger partial charge on any atom is 0.205 e. The number of thiophene rings is 1. The molecule has 0 bridgehead atoms. The minimum Gasteiger partial charge on any atom is -0.396 e. The molecule has 0 radical (unpaired) electrons. The van der Waals surface area contributed by atoms with Crippen molar-refractivity contribution in [3.8, 4) is 6.07 Å². The zero-order chi connectivity index (χ0) is 14.0. The summed E-state index contributed by atoms with van der Waals surface area (Å²) in [6.45, 7) is 0. The molecule has 2 rings (SSSR count). The number of hydrogen-bond donors (Lipinski definition) is 1. The SMILES string of the molecule is CN(C)c1sc(C(=O)c2ccccc2)c(N)c1C#N. The largest absolute Gasteiger partial charge is 0.396 e. The Morgan fingerprint density at radius 1 is 1.32 bits per heavy atom. The first-order valence-electron chi connectivity index (χ1n) is 5.65. The second-order valence-electron chi connectivity index (χ2n) is 4.23. The molecule has 5 heteroatoms. The fourth-order valence-corrected chi connectivity index (χ4v) is 2.80. The van der Waals surface area contributed by atoms with Crippen molar-refractivity contribution in [1.82, 2.24) is 0 Å². The van der Waals surface area contributed by atoms with Gasteiger partial charge in [-0.05, 0) is 0 Å². The van der Waals surface area contributed by atoms with E-state index < -0.39 is 0 Å². The van der Waals surface area contributed by atoms with Crippen molar-refractivity contribution < 1.29 is 4.79 Å². The average molecular weight is 271 g/mol. The Bertz CT molecular complexity index is 653. The number of nitrogen functional groups attached to an aromatic ring is 1. The second kappa shape index (κ2) is 5.12. The molecule has 2 aromatic rings. The third-order valence-electron chi connectivity index (χ3n) is 2.69. The highest BCUT2D eigenvalue weighted by atomic mass is 32.1. The van der Waals surface area contributed by atoms with Crippen LogP contribution in [-0.2, 0) is 0 Å². The number of ketones is 1. The maximum atomic E-state index is 12.4. The summed E-state index contributed by atoms with van der Waals surface area (Å²) in [4.78, 5) is 14.6. The lowest BCUT2D eigenvalue weighted by Crippen LogP contribution is -2.08. The summed E-state index contributed by atoms with van der Waals surface area (Å²) >= 11 is 1.25. The number of nitrogens with two attached hydrogens (primary N) is 1. The van der Waals surface area contributed by atoms with Gasteiger partial charge < -0.3 is 10.6 Å². The number of hydrogen-bond acceptors (Lipinski definition) is 5. The lowest BCUT2D eigenvalue weighted by Gasteiger charge is -2.08. The molecule has 0 unspecified atom stereocenters. The van der Waals surface area contributed by atoms with E-state index in [0.29, 0.717) is 21.0 Å². The normalized spacial score (nSPS) is 9.95. The fraction of sp³-hybridized carbons (Fsp3) is 0.143. The first-order chi connectivity index (χ1) is 9.06.